The van der Waals surface area contributed by atoms with Crippen LogP contribution in [0.3, 0.4) is 0 Å². The molecule has 42 heavy (non-hydrogen) atoms. The van der Waals surface area contributed by atoms with Crippen molar-refractivity contribution in [1.82, 2.24) is 19.9 Å². The maximum Gasteiger partial charge on any atom is 0.0915 e. The van der Waals surface area contributed by atoms with Crippen LogP contribution in [0.1, 0.15) is 22.4 Å². The van der Waals surface area contributed by atoms with Gasteiger partial charge in [0.25, 0.3) is 0 Å². The number of pyridine rings is 4. The fraction of sp³-hybridized carbons (Fsp3) is 0.105. The lowest BCUT2D eigenvalue weighted by Crippen LogP contribution is -1.96. The quantitative estimate of drug-likeness (QED) is 0.208. The first-order valence-electron chi connectivity index (χ1n) is 14.2. The summed E-state index contributed by atoms with van der Waals surface area (Å²) in [4.78, 5) is 18.9. The van der Waals surface area contributed by atoms with E-state index < -0.39 is 0 Å². The molecule has 202 valence electrons. The van der Waals surface area contributed by atoms with Gasteiger partial charge in [-0.25, -0.2) is 0 Å². The Labute approximate surface area is 245 Å². The average Bonchev–Trinajstić information content (AvgIpc) is 3.00. The Hall–Kier alpha value is -5.22. The van der Waals surface area contributed by atoms with Crippen LogP contribution in [0.25, 0.3) is 66.4 Å². The Balaban J connectivity index is 1.46. The fourth-order valence-corrected chi connectivity index (χ4v) is 6.11. The van der Waals surface area contributed by atoms with Gasteiger partial charge in [-0.15, -0.1) is 0 Å². The number of nitrogens with zero attached hydrogens (tertiary/aromatic N) is 4. The summed E-state index contributed by atoms with van der Waals surface area (Å²) in [5.41, 5.74) is 12.9. The number of hydrogen-bond acceptors (Lipinski definition) is 4. The summed E-state index contributed by atoms with van der Waals surface area (Å²) in [6.07, 6.45) is 7.75. The number of aromatic nitrogens is 4. The van der Waals surface area contributed by atoms with Gasteiger partial charge in [-0.1, -0.05) is 54.6 Å². The molecule has 0 fully saturated rings. The van der Waals surface area contributed by atoms with Crippen LogP contribution in [-0.2, 0) is 0 Å². The van der Waals surface area contributed by atoms with E-state index in [1.807, 2.05) is 56.0 Å². The first-order chi connectivity index (χ1) is 20.5. The van der Waals surface area contributed by atoms with E-state index in [1.165, 1.54) is 38.2 Å². The molecule has 0 aliphatic heterocycles. The van der Waals surface area contributed by atoms with Crippen molar-refractivity contribution in [2.24, 2.45) is 0 Å². The monoisotopic (exact) mass is 542 g/mol. The first-order valence-corrected chi connectivity index (χ1v) is 14.2. The Morgan fingerprint density at radius 3 is 1.81 bits per heavy atom. The van der Waals surface area contributed by atoms with Crippen molar-refractivity contribution in [1.29, 1.82) is 0 Å². The minimum Gasteiger partial charge on any atom is -0.264 e. The largest absolute Gasteiger partial charge is 0.264 e. The highest BCUT2D eigenvalue weighted by atomic mass is 14.8. The Morgan fingerprint density at radius 2 is 1.19 bits per heavy atom. The van der Waals surface area contributed by atoms with Crippen molar-refractivity contribution >= 4 is 21.5 Å². The van der Waals surface area contributed by atoms with E-state index in [-0.39, 0.29) is 0 Å². The Kier molecular flexibility index (Phi) is 6.32. The van der Waals surface area contributed by atoms with Crippen LogP contribution in [0.5, 0.6) is 0 Å². The van der Waals surface area contributed by atoms with Crippen molar-refractivity contribution < 1.29 is 0 Å². The van der Waals surface area contributed by atoms with Crippen LogP contribution in [0.15, 0.2) is 110 Å². The second-order valence-corrected chi connectivity index (χ2v) is 11.0. The normalized spacial score (nSPS) is 11.3. The first kappa shape index (κ1) is 25.7. The minimum absolute atomic E-state index is 0.900. The van der Waals surface area contributed by atoms with Crippen LogP contribution < -0.4 is 0 Å². The topological polar surface area (TPSA) is 51.6 Å². The Morgan fingerprint density at radius 1 is 0.500 bits per heavy atom. The van der Waals surface area contributed by atoms with Crippen molar-refractivity contribution in [3.63, 3.8) is 0 Å². The number of aryl methyl sites for hydroxylation is 4. The predicted octanol–water partition coefficient (Wildman–Crippen LogP) is 9.47. The van der Waals surface area contributed by atoms with E-state index in [0.29, 0.717) is 0 Å². The van der Waals surface area contributed by atoms with Crippen molar-refractivity contribution in [3.8, 4) is 44.9 Å². The summed E-state index contributed by atoms with van der Waals surface area (Å²) in [6.45, 7) is 8.39. The summed E-state index contributed by atoms with van der Waals surface area (Å²) in [7, 11) is 0. The van der Waals surface area contributed by atoms with Crippen LogP contribution in [-0.4, -0.2) is 19.9 Å². The molecule has 0 aliphatic carbocycles. The molecule has 0 N–H and O–H groups in total. The van der Waals surface area contributed by atoms with E-state index in [9.17, 15) is 0 Å². The second-order valence-electron chi connectivity index (χ2n) is 11.0. The molecule has 7 aromatic rings. The maximum atomic E-state index is 4.95. The third-order valence-corrected chi connectivity index (χ3v) is 8.11. The molecule has 0 saturated carbocycles. The molecule has 0 aliphatic rings. The second kappa shape index (κ2) is 10.3. The molecule has 4 heterocycles. The van der Waals surface area contributed by atoms with Crippen molar-refractivity contribution in [2.75, 3.05) is 0 Å². The standard InChI is InChI=1S/C38H30N4/c1-23-19-35(28-16-17-39-20-25(28)3)40-22-33(23)37-31-13-7-5-11-29(31)36(30-12-6-8-14-32(30)37)27-18-24(2)38(41-21-27)34-15-9-10-26(4)42-34/h5-22H,1-4H3. The number of fused-ring (bicyclic) bond motifs is 2. The summed E-state index contributed by atoms with van der Waals surface area (Å²) in [5, 5.41) is 4.79. The lowest BCUT2D eigenvalue weighted by atomic mass is 9.85. The molecule has 0 bridgehead atoms. The summed E-state index contributed by atoms with van der Waals surface area (Å²) in [5.74, 6) is 0. The zero-order chi connectivity index (χ0) is 28.8. The van der Waals surface area contributed by atoms with Gasteiger partial charge in [0, 0.05) is 47.2 Å². The van der Waals surface area contributed by atoms with Gasteiger partial charge in [0.15, 0.2) is 0 Å². The van der Waals surface area contributed by atoms with Crippen LogP contribution >= 0.6 is 0 Å². The molecule has 0 unspecified atom stereocenters. The molecule has 4 heteroatoms. The zero-order valence-electron chi connectivity index (χ0n) is 24.2. The lowest BCUT2D eigenvalue weighted by Gasteiger charge is -2.19. The minimum atomic E-state index is 0.900. The summed E-state index contributed by atoms with van der Waals surface area (Å²) < 4.78 is 0. The molecule has 0 saturated heterocycles. The summed E-state index contributed by atoms with van der Waals surface area (Å²) >= 11 is 0. The molecule has 0 spiro atoms. The van der Waals surface area contributed by atoms with E-state index in [0.717, 1.165) is 50.6 Å². The van der Waals surface area contributed by atoms with Gasteiger partial charge in [0.1, 0.15) is 0 Å². The third-order valence-electron chi connectivity index (χ3n) is 8.11. The molecule has 3 aromatic carbocycles. The van der Waals surface area contributed by atoms with E-state index in [1.54, 1.807) is 0 Å². The number of benzene rings is 3. The van der Waals surface area contributed by atoms with Gasteiger partial charge >= 0.3 is 0 Å². The average molecular weight is 543 g/mol. The van der Waals surface area contributed by atoms with Gasteiger partial charge < -0.3 is 0 Å². The summed E-state index contributed by atoms with van der Waals surface area (Å²) in [6, 6.07) is 29.9. The van der Waals surface area contributed by atoms with Gasteiger partial charge in [0.2, 0.25) is 0 Å². The highest BCUT2D eigenvalue weighted by molar-refractivity contribution is 6.21. The van der Waals surface area contributed by atoms with E-state index in [2.05, 4.69) is 86.4 Å². The molecule has 4 nitrogen and oxygen atoms in total. The van der Waals surface area contributed by atoms with E-state index in [4.69, 9.17) is 15.0 Å². The van der Waals surface area contributed by atoms with Crippen LogP contribution in [0, 0.1) is 27.7 Å². The van der Waals surface area contributed by atoms with Gasteiger partial charge in [-0.2, -0.15) is 0 Å². The molecule has 0 atom stereocenters. The SMILES string of the molecule is Cc1cccc(-c2ncc(-c3c4ccccc4c(-c4cnc(-c5ccncc5C)cc4C)c4ccccc34)cc2C)n1. The molecule has 4 aromatic heterocycles. The number of rotatable bonds is 4. The highest BCUT2D eigenvalue weighted by Crippen LogP contribution is 2.44. The highest BCUT2D eigenvalue weighted by Gasteiger charge is 2.19. The molecular formula is C38H30N4. The third kappa shape index (κ3) is 4.33. The zero-order valence-corrected chi connectivity index (χ0v) is 24.2. The molecule has 0 amide bonds. The van der Waals surface area contributed by atoms with Gasteiger partial charge in [-0.3, -0.25) is 19.9 Å². The molecule has 0 radical (unpaired) electrons. The van der Waals surface area contributed by atoms with Crippen molar-refractivity contribution in [2.45, 2.75) is 27.7 Å². The Bertz CT molecular complexity index is 2090. The molecular weight excluding hydrogens is 512 g/mol. The van der Waals surface area contributed by atoms with Gasteiger partial charge in [-0.05, 0) is 107 Å². The van der Waals surface area contributed by atoms with Crippen LogP contribution in [0.2, 0.25) is 0 Å². The lowest BCUT2D eigenvalue weighted by molar-refractivity contribution is 1.16. The number of hydrogen-bond donors (Lipinski definition) is 0. The van der Waals surface area contributed by atoms with Crippen molar-refractivity contribution in [3.05, 3.63) is 132 Å². The van der Waals surface area contributed by atoms with Gasteiger partial charge in [0.05, 0.1) is 17.1 Å². The molecule has 7 rings (SSSR count). The maximum absolute atomic E-state index is 4.95. The fourth-order valence-electron chi connectivity index (χ4n) is 6.11. The van der Waals surface area contributed by atoms with E-state index >= 15 is 0 Å². The smallest absolute Gasteiger partial charge is 0.0915 e. The van der Waals surface area contributed by atoms with Crippen LogP contribution in [0.4, 0.5) is 0 Å². The predicted molar refractivity (Wildman–Crippen MR) is 173 cm³/mol.